The highest BCUT2D eigenvalue weighted by molar-refractivity contribution is 6.00. The largest absolute Gasteiger partial charge is 0.495 e. The molecule has 4 aromatic rings. The molecular formula is C23H19N3O4. The predicted molar refractivity (Wildman–Crippen MR) is 114 cm³/mol. The van der Waals surface area contributed by atoms with Crippen LogP contribution in [0.25, 0.3) is 33.4 Å². The van der Waals surface area contributed by atoms with E-state index >= 15 is 0 Å². The van der Waals surface area contributed by atoms with E-state index in [-0.39, 0.29) is 5.82 Å². The van der Waals surface area contributed by atoms with Gasteiger partial charge in [0.15, 0.2) is 11.3 Å². The van der Waals surface area contributed by atoms with E-state index in [0.29, 0.717) is 50.6 Å². The number of fused-ring (bicyclic) bond motifs is 1. The molecule has 2 aromatic heterocycles. The SMILES string of the molecule is COc1c(-c2cc(-c3ccccc3)c(C#N)c(N)n2)c(OC)c2ccoc2c1OC. The number of anilines is 1. The lowest BCUT2D eigenvalue weighted by molar-refractivity contribution is 0.350. The quantitative estimate of drug-likeness (QED) is 0.519. The summed E-state index contributed by atoms with van der Waals surface area (Å²) in [6, 6.07) is 15.3. The van der Waals surface area contributed by atoms with Gasteiger partial charge in [-0.25, -0.2) is 4.98 Å². The molecule has 0 saturated heterocycles. The summed E-state index contributed by atoms with van der Waals surface area (Å²) in [6.07, 6.45) is 1.55. The first kappa shape index (κ1) is 19.2. The third-order valence-corrected chi connectivity index (χ3v) is 4.89. The number of hydrogen-bond acceptors (Lipinski definition) is 7. The normalized spacial score (nSPS) is 10.6. The van der Waals surface area contributed by atoms with E-state index in [4.69, 9.17) is 24.4 Å². The van der Waals surface area contributed by atoms with Crippen LogP contribution >= 0.6 is 0 Å². The zero-order valence-electron chi connectivity index (χ0n) is 16.7. The Morgan fingerprint density at radius 2 is 1.67 bits per heavy atom. The Morgan fingerprint density at radius 3 is 2.30 bits per heavy atom. The Morgan fingerprint density at radius 1 is 0.967 bits per heavy atom. The van der Waals surface area contributed by atoms with Crippen LogP contribution in [0.15, 0.2) is 53.1 Å². The molecule has 0 fully saturated rings. The monoisotopic (exact) mass is 401 g/mol. The smallest absolute Gasteiger partial charge is 0.205 e. The van der Waals surface area contributed by atoms with E-state index in [1.807, 2.05) is 30.3 Å². The molecule has 0 atom stereocenters. The molecule has 4 rings (SSSR count). The van der Waals surface area contributed by atoms with Gasteiger partial charge in [0.25, 0.3) is 0 Å². The van der Waals surface area contributed by atoms with Crippen LogP contribution in [0.1, 0.15) is 5.56 Å². The molecule has 2 aromatic carbocycles. The molecule has 0 spiro atoms. The summed E-state index contributed by atoms with van der Waals surface area (Å²) in [5.74, 6) is 1.43. The molecule has 0 amide bonds. The summed E-state index contributed by atoms with van der Waals surface area (Å²) in [7, 11) is 4.62. The number of nitrogens with two attached hydrogens (primary N) is 1. The summed E-state index contributed by atoms with van der Waals surface area (Å²) >= 11 is 0. The van der Waals surface area contributed by atoms with Crippen molar-refractivity contribution in [1.82, 2.24) is 4.98 Å². The molecule has 2 heterocycles. The molecule has 0 aliphatic rings. The molecule has 30 heavy (non-hydrogen) atoms. The van der Waals surface area contributed by atoms with E-state index in [9.17, 15) is 5.26 Å². The Bertz CT molecular complexity index is 1270. The minimum atomic E-state index is 0.115. The average Bonchev–Trinajstić information content (AvgIpc) is 3.26. The molecule has 0 aliphatic carbocycles. The van der Waals surface area contributed by atoms with Crippen LogP contribution in [0, 0.1) is 11.3 Å². The number of benzene rings is 2. The number of pyridine rings is 1. The van der Waals surface area contributed by atoms with E-state index in [2.05, 4.69) is 11.1 Å². The van der Waals surface area contributed by atoms with Crippen molar-refractivity contribution in [3.05, 3.63) is 54.3 Å². The number of nitriles is 1. The van der Waals surface area contributed by atoms with Crippen molar-refractivity contribution in [2.75, 3.05) is 27.1 Å². The van der Waals surface area contributed by atoms with Gasteiger partial charge in [0, 0.05) is 5.56 Å². The minimum absolute atomic E-state index is 0.115. The first-order chi connectivity index (χ1) is 14.6. The first-order valence-electron chi connectivity index (χ1n) is 9.10. The standard InChI is InChI=1S/C23H19N3O4/c1-27-19-14-9-10-30-20(14)22(29-3)21(28-2)18(19)17-11-15(13-7-5-4-6-8-13)16(12-24)23(25)26-17/h4-11H,1-3H3,(H2,25,26). The molecule has 7 nitrogen and oxygen atoms in total. The highest BCUT2D eigenvalue weighted by atomic mass is 16.5. The van der Waals surface area contributed by atoms with Crippen molar-refractivity contribution in [2.24, 2.45) is 0 Å². The fourth-order valence-electron chi connectivity index (χ4n) is 3.60. The van der Waals surface area contributed by atoms with Crippen molar-refractivity contribution >= 4 is 16.8 Å². The maximum absolute atomic E-state index is 9.67. The van der Waals surface area contributed by atoms with Crippen LogP contribution in [-0.2, 0) is 0 Å². The second-order valence-electron chi connectivity index (χ2n) is 6.43. The van der Waals surface area contributed by atoms with Gasteiger partial charge in [0.1, 0.15) is 23.2 Å². The second kappa shape index (κ2) is 7.68. The Balaban J connectivity index is 2.11. The van der Waals surface area contributed by atoms with Gasteiger partial charge < -0.3 is 24.4 Å². The zero-order valence-corrected chi connectivity index (χ0v) is 16.7. The van der Waals surface area contributed by atoms with Crippen molar-refractivity contribution in [3.63, 3.8) is 0 Å². The van der Waals surface area contributed by atoms with Crippen molar-refractivity contribution in [3.8, 4) is 45.7 Å². The lowest BCUT2D eigenvalue weighted by atomic mass is 9.97. The summed E-state index contributed by atoms with van der Waals surface area (Å²) < 4.78 is 22.6. The van der Waals surface area contributed by atoms with Crippen LogP contribution in [0.2, 0.25) is 0 Å². The van der Waals surface area contributed by atoms with Gasteiger partial charge in [-0.05, 0) is 17.7 Å². The summed E-state index contributed by atoms with van der Waals surface area (Å²) in [4.78, 5) is 4.49. The lowest BCUT2D eigenvalue weighted by Gasteiger charge is -2.18. The molecule has 0 unspecified atom stereocenters. The van der Waals surface area contributed by atoms with Crippen LogP contribution in [0.4, 0.5) is 5.82 Å². The topological polar surface area (TPSA) is 104 Å². The lowest BCUT2D eigenvalue weighted by Crippen LogP contribution is -2.03. The van der Waals surface area contributed by atoms with E-state index in [0.717, 1.165) is 5.56 Å². The number of aromatic nitrogens is 1. The number of hydrogen-bond donors (Lipinski definition) is 1. The van der Waals surface area contributed by atoms with Gasteiger partial charge >= 0.3 is 0 Å². The van der Waals surface area contributed by atoms with E-state index < -0.39 is 0 Å². The van der Waals surface area contributed by atoms with Gasteiger partial charge in [0.2, 0.25) is 5.75 Å². The molecule has 0 radical (unpaired) electrons. The number of methoxy groups -OCH3 is 3. The minimum Gasteiger partial charge on any atom is -0.495 e. The summed E-state index contributed by atoms with van der Waals surface area (Å²) in [6.45, 7) is 0. The number of furan rings is 1. The summed E-state index contributed by atoms with van der Waals surface area (Å²) in [5.41, 5.74) is 9.54. The Hall–Kier alpha value is -4.18. The number of nitrogen functional groups attached to an aromatic ring is 1. The van der Waals surface area contributed by atoms with Crippen LogP contribution < -0.4 is 19.9 Å². The van der Waals surface area contributed by atoms with Crippen molar-refractivity contribution < 1.29 is 18.6 Å². The van der Waals surface area contributed by atoms with Gasteiger partial charge in [0.05, 0.1) is 44.2 Å². The van der Waals surface area contributed by atoms with E-state index in [1.54, 1.807) is 25.5 Å². The van der Waals surface area contributed by atoms with Gasteiger partial charge in [-0.1, -0.05) is 30.3 Å². The molecule has 150 valence electrons. The van der Waals surface area contributed by atoms with E-state index in [1.165, 1.54) is 14.2 Å². The van der Waals surface area contributed by atoms with Crippen molar-refractivity contribution in [2.45, 2.75) is 0 Å². The first-order valence-corrected chi connectivity index (χ1v) is 9.10. The maximum Gasteiger partial charge on any atom is 0.205 e. The van der Waals surface area contributed by atoms with Crippen LogP contribution in [0.5, 0.6) is 17.2 Å². The highest BCUT2D eigenvalue weighted by Crippen LogP contribution is 2.51. The number of ether oxygens (including phenoxy) is 3. The Labute approximate surface area is 173 Å². The van der Waals surface area contributed by atoms with Crippen LogP contribution in [0.3, 0.4) is 0 Å². The van der Waals surface area contributed by atoms with Gasteiger partial charge in [-0.3, -0.25) is 0 Å². The molecule has 0 saturated carbocycles. The van der Waals surface area contributed by atoms with Gasteiger partial charge in [-0.15, -0.1) is 0 Å². The number of nitrogens with zero attached hydrogens (tertiary/aromatic N) is 2. The fraction of sp³-hybridized carbons (Fsp3) is 0.130. The average molecular weight is 401 g/mol. The molecule has 0 aliphatic heterocycles. The highest BCUT2D eigenvalue weighted by Gasteiger charge is 2.27. The predicted octanol–water partition coefficient (Wildman–Crippen LogP) is 4.64. The number of rotatable bonds is 5. The third-order valence-electron chi connectivity index (χ3n) is 4.89. The third kappa shape index (κ3) is 2.86. The zero-order chi connectivity index (χ0) is 21.3. The molecule has 0 bridgehead atoms. The van der Waals surface area contributed by atoms with Gasteiger partial charge in [-0.2, -0.15) is 5.26 Å². The molecular weight excluding hydrogens is 382 g/mol. The fourth-order valence-corrected chi connectivity index (χ4v) is 3.60. The molecule has 2 N–H and O–H groups in total. The summed E-state index contributed by atoms with van der Waals surface area (Å²) in [5, 5.41) is 10.4. The van der Waals surface area contributed by atoms with Crippen molar-refractivity contribution in [1.29, 1.82) is 5.26 Å². The maximum atomic E-state index is 9.67. The van der Waals surface area contributed by atoms with Crippen LogP contribution in [-0.4, -0.2) is 26.3 Å². The molecule has 7 heteroatoms. The Kier molecular flexibility index (Phi) is 4.90. The second-order valence-corrected chi connectivity index (χ2v) is 6.43.